The van der Waals surface area contributed by atoms with Crippen molar-refractivity contribution in [3.8, 4) is 5.75 Å². The summed E-state index contributed by atoms with van der Waals surface area (Å²) < 4.78 is 5.96. The van der Waals surface area contributed by atoms with E-state index in [1.165, 1.54) is 0 Å². The van der Waals surface area contributed by atoms with Crippen molar-refractivity contribution >= 4 is 28.6 Å². The second-order valence-electron chi connectivity index (χ2n) is 7.24. The van der Waals surface area contributed by atoms with Gasteiger partial charge in [-0.25, -0.2) is 5.48 Å². The predicted molar refractivity (Wildman–Crippen MR) is 126 cm³/mol. The number of anilines is 1. The molecular formula is C26H23N3O3. The molecule has 4 rings (SSSR count). The van der Waals surface area contributed by atoms with Gasteiger partial charge in [0.1, 0.15) is 12.4 Å². The average molecular weight is 425 g/mol. The molecule has 0 bridgehead atoms. The molecule has 0 aliphatic heterocycles. The third-order valence-corrected chi connectivity index (χ3v) is 4.92. The van der Waals surface area contributed by atoms with Gasteiger partial charge in [0, 0.05) is 17.5 Å². The fourth-order valence-electron chi connectivity index (χ4n) is 3.25. The van der Waals surface area contributed by atoms with Gasteiger partial charge in [-0.1, -0.05) is 54.6 Å². The van der Waals surface area contributed by atoms with Crippen LogP contribution < -0.4 is 15.5 Å². The maximum atomic E-state index is 11.5. The number of rotatable bonds is 8. The molecule has 1 aromatic heterocycles. The van der Waals surface area contributed by atoms with Crippen molar-refractivity contribution in [2.24, 2.45) is 0 Å². The van der Waals surface area contributed by atoms with Gasteiger partial charge in [-0.15, -0.1) is 0 Å². The van der Waals surface area contributed by atoms with Crippen molar-refractivity contribution in [2.75, 3.05) is 18.5 Å². The van der Waals surface area contributed by atoms with E-state index in [1.807, 2.05) is 79.0 Å². The van der Waals surface area contributed by atoms with Gasteiger partial charge in [-0.3, -0.25) is 15.0 Å². The van der Waals surface area contributed by atoms with Gasteiger partial charge in [-0.05, 0) is 47.5 Å². The van der Waals surface area contributed by atoms with E-state index in [9.17, 15) is 4.79 Å². The molecule has 6 nitrogen and oxygen atoms in total. The molecule has 1 amide bonds. The van der Waals surface area contributed by atoms with Crippen LogP contribution in [0.2, 0.25) is 0 Å². The minimum absolute atomic E-state index is 0.382. The molecule has 0 fully saturated rings. The van der Waals surface area contributed by atoms with E-state index in [1.54, 1.807) is 17.6 Å². The summed E-state index contributed by atoms with van der Waals surface area (Å²) in [5, 5.41) is 13.3. The summed E-state index contributed by atoms with van der Waals surface area (Å²) in [6.07, 6.45) is 3.84. The molecule has 160 valence electrons. The Kier molecular flexibility index (Phi) is 6.75. The van der Waals surface area contributed by atoms with Gasteiger partial charge < -0.3 is 10.1 Å². The van der Waals surface area contributed by atoms with Crippen molar-refractivity contribution in [3.05, 3.63) is 108 Å². The number of amides is 1. The number of ether oxygens (including phenoxy) is 1. The summed E-state index contributed by atoms with van der Waals surface area (Å²) in [5.74, 6) is 0.249. The third kappa shape index (κ3) is 5.50. The van der Waals surface area contributed by atoms with Crippen molar-refractivity contribution < 1.29 is 14.7 Å². The van der Waals surface area contributed by atoms with E-state index in [0.717, 1.165) is 33.5 Å². The summed E-state index contributed by atoms with van der Waals surface area (Å²) in [5.41, 5.74) is 5.83. The van der Waals surface area contributed by atoms with Crippen molar-refractivity contribution in [1.82, 2.24) is 10.5 Å². The van der Waals surface area contributed by atoms with Crippen LogP contribution in [0.25, 0.3) is 17.0 Å². The Morgan fingerprint density at radius 1 is 0.969 bits per heavy atom. The van der Waals surface area contributed by atoms with Gasteiger partial charge in [0.05, 0.1) is 17.4 Å². The van der Waals surface area contributed by atoms with Crippen LogP contribution in [-0.4, -0.2) is 29.3 Å². The summed E-state index contributed by atoms with van der Waals surface area (Å²) in [6.45, 7) is 0.961. The maximum Gasteiger partial charge on any atom is 0.274 e. The van der Waals surface area contributed by atoms with E-state index in [-0.39, 0.29) is 0 Å². The lowest BCUT2D eigenvalue weighted by atomic mass is 10.1. The first-order valence-electron chi connectivity index (χ1n) is 10.2. The Hall–Kier alpha value is -4.16. The molecule has 0 saturated carbocycles. The Morgan fingerprint density at radius 2 is 1.72 bits per heavy atom. The Balaban J connectivity index is 1.51. The number of para-hydroxylation sites is 2. The number of nitrogens with zero attached hydrogens (tertiary/aromatic N) is 1. The zero-order chi connectivity index (χ0) is 22.2. The first kappa shape index (κ1) is 21.1. The maximum absolute atomic E-state index is 11.5. The number of hydroxylamine groups is 1. The summed E-state index contributed by atoms with van der Waals surface area (Å²) in [6, 6.07) is 26.7. The third-order valence-electron chi connectivity index (χ3n) is 4.92. The molecule has 0 aliphatic rings. The van der Waals surface area contributed by atoms with Crippen LogP contribution in [-0.2, 0) is 0 Å². The monoisotopic (exact) mass is 425 g/mol. The number of carbonyl (C=O) groups is 1. The Labute approximate surface area is 186 Å². The van der Waals surface area contributed by atoms with Gasteiger partial charge in [0.2, 0.25) is 0 Å². The number of nitrogens with one attached hydrogen (secondary N) is 2. The number of hydrogen-bond acceptors (Lipinski definition) is 5. The molecule has 6 heteroatoms. The van der Waals surface area contributed by atoms with Crippen LogP contribution in [0.1, 0.15) is 15.9 Å². The van der Waals surface area contributed by atoms with Crippen molar-refractivity contribution in [2.45, 2.75) is 0 Å². The summed E-state index contributed by atoms with van der Waals surface area (Å²) in [4.78, 5) is 16.0. The largest absolute Gasteiger partial charge is 0.489 e. The highest BCUT2D eigenvalue weighted by Gasteiger charge is 2.05. The highest BCUT2D eigenvalue weighted by molar-refractivity contribution is 5.93. The SMILES string of the molecule is O=C(NO)c1ccc(C=C(CNc2cnc3ccccc3c2)COc2ccccc2)cc1. The highest BCUT2D eigenvalue weighted by Crippen LogP contribution is 2.18. The van der Waals surface area contributed by atoms with Crippen LogP contribution in [0.5, 0.6) is 5.75 Å². The number of aromatic nitrogens is 1. The first-order valence-corrected chi connectivity index (χ1v) is 10.2. The fourth-order valence-corrected chi connectivity index (χ4v) is 3.25. The van der Waals surface area contributed by atoms with E-state index >= 15 is 0 Å². The zero-order valence-electron chi connectivity index (χ0n) is 17.4. The van der Waals surface area contributed by atoms with E-state index in [2.05, 4.69) is 16.4 Å². The standard InChI is InChI=1S/C26H23N3O3/c30-26(29-31)21-12-10-19(11-13-21)14-20(18-32-24-7-2-1-3-8-24)16-27-23-15-22-6-4-5-9-25(22)28-17-23/h1-15,17,27,31H,16,18H2,(H,29,30). The van der Waals surface area contributed by atoms with E-state index < -0.39 is 5.91 Å². The Morgan fingerprint density at radius 3 is 2.50 bits per heavy atom. The van der Waals surface area contributed by atoms with Crippen LogP contribution in [0, 0.1) is 0 Å². The van der Waals surface area contributed by atoms with Crippen LogP contribution in [0.3, 0.4) is 0 Å². The van der Waals surface area contributed by atoms with Crippen LogP contribution in [0.4, 0.5) is 5.69 Å². The number of hydrogen-bond donors (Lipinski definition) is 3. The van der Waals surface area contributed by atoms with Gasteiger partial charge in [0.15, 0.2) is 0 Å². The smallest absolute Gasteiger partial charge is 0.274 e. The first-order chi connectivity index (χ1) is 15.7. The van der Waals surface area contributed by atoms with Crippen molar-refractivity contribution in [1.29, 1.82) is 0 Å². The van der Waals surface area contributed by atoms with Crippen LogP contribution in [0.15, 0.2) is 96.7 Å². The summed E-state index contributed by atoms with van der Waals surface area (Å²) in [7, 11) is 0. The van der Waals surface area contributed by atoms with Crippen LogP contribution >= 0.6 is 0 Å². The molecule has 0 saturated heterocycles. The minimum atomic E-state index is -0.543. The second kappa shape index (κ2) is 10.2. The molecule has 0 radical (unpaired) electrons. The number of carbonyl (C=O) groups excluding carboxylic acids is 1. The molecule has 3 aromatic carbocycles. The van der Waals surface area contributed by atoms with Gasteiger partial charge >= 0.3 is 0 Å². The lowest BCUT2D eigenvalue weighted by Crippen LogP contribution is -2.18. The van der Waals surface area contributed by atoms with E-state index in [0.29, 0.717) is 18.7 Å². The number of fused-ring (bicyclic) bond motifs is 1. The number of benzene rings is 3. The fraction of sp³-hybridized carbons (Fsp3) is 0.0769. The zero-order valence-corrected chi connectivity index (χ0v) is 17.4. The van der Waals surface area contributed by atoms with E-state index in [4.69, 9.17) is 9.94 Å². The lowest BCUT2D eigenvalue weighted by molar-refractivity contribution is 0.0706. The lowest BCUT2D eigenvalue weighted by Gasteiger charge is -2.13. The normalized spacial score (nSPS) is 11.2. The van der Waals surface area contributed by atoms with Gasteiger partial charge in [0.25, 0.3) is 5.91 Å². The molecule has 32 heavy (non-hydrogen) atoms. The molecule has 0 aliphatic carbocycles. The molecule has 0 atom stereocenters. The highest BCUT2D eigenvalue weighted by atomic mass is 16.5. The average Bonchev–Trinajstić information content (AvgIpc) is 2.86. The quantitative estimate of drug-likeness (QED) is 0.275. The van der Waals surface area contributed by atoms with Crippen molar-refractivity contribution in [3.63, 3.8) is 0 Å². The topological polar surface area (TPSA) is 83.5 Å². The van der Waals surface area contributed by atoms with Gasteiger partial charge in [-0.2, -0.15) is 0 Å². The Bertz CT molecular complexity index is 1220. The predicted octanol–water partition coefficient (Wildman–Crippen LogP) is 4.93. The molecule has 4 aromatic rings. The number of pyridine rings is 1. The summed E-state index contributed by atoms with van der Waals surface area (Å²) >= 11 is 0. The molecule has 1 heterocycles. The minimum Gasteiger partial charge on any atom is -0.489 e. The molecule has 0 spiro atoms. The molecule has 0 unspecified atom stereocenters. The molecule has 3 N–H and O–H groups in total. The second-order valence-corrected chi connectivity index (χ2v) is 7.24. The molecular weight excluding hydrogens is 402 g/mol.